The van der Waals surface area contributed by atoms with Crippen molar-refractivity contribution in [3.05, 3.63) is 57.6 Å². The van der Waals surface area contributed by atoms with E-state index < -0.39 is 0 Å². The fraction of sp³-hybridized carbons (Fsp3) is 0.294. The average Bonchev–Trinajstić information content (AvgIpc) is 3.29. The van der Waals surface area contributed by atoms with Crippen LogP contribution in [0.4, 0.5) is 0 Å². The van der Waals surface area contributed by atoms with Crippen LogP contribution in [-0.2, 0) is 6.54 Å². The predicted octanol–water partition coefficient (Wildman–Crippen LogP) is 4.79. The first kappa shape index (κ1) is 14.9. The van der Waals surface area contributed by atoms with Crippen molar-refractivity contribution >= 4 is 22.9 Å². The third kappa shape index (κ3) is 3.04. The maximum absolute atomic E-state index is 6.19. The molecular formula is C17H16ClN3OS. The highest BCUT2D eigenvalue weighted by atomic mass is 35.5. The molecule has 1 atom stereocenters. The van der Waals surface area contributed by atoms with Crippen LogP contribution in [0.3, 0.4) is 0 Å². The molecule has 0 saturated carbocycles. The van der Waals surface area contributed by atoms with Gasteiger partial charge < -0.3 is 4.42 Å². The van der Waals surface area contributed by atoms with Gasteiger partial charge in [0.05, 0.1) is 17.1 Å². The van der Waals surface area contributed by atoms with Crippen LogP contribution in [0.2, 0.25) is 5.02 Å². The van der Waals surface area contributed by atoms with Crippen LogP contribution in [-0.4, -0.2) is 21.6 Å². The standard InChI is InChI=1S/C17H16ClN3OS/c18-13-6-2-1-5-12(13)17-20-19-16(22-17)11-21-9-3-7-14(21)15-8-4-10-23-15/h1-2,4-6,8,10,14H,3,7,9,11H2/t14-/m1/s1. The average molecular weight is 346 g/mol. The highest BCUT2D eigenvalue weighted by Gasteiger charge is 2.28. The number of hydrogen-bond donors (Lipinski definition) is 0. The Bertz CT molecular complexity index is 787. The second-order valence-corrected chi connectivity index (χ2v) is 7.01. The molecule has 6 heteroatoms. The van der Waals surface area contributed by atoms with Crippen molar-refractivity contribution in [3.8, 4) is 11.5 Å². The number of halogens is 1. The maximum Gasteiger partial charge on any atom is 0.249 e. The summed E-state index contributed by atoms with van der Waals surface area (Å²) in [6, 6.07) is 12.3. The predicted molar refractivity (Wildman–Crippen MR) is 91.4 cm³/mol. The van der Waals surface area contributed by atoms with Crippen molar-refractivity contribution in [2.24, 2.45) is 0 Å². The van der Waals surface area contributed by atoms with Crippen LogP contribution in [0.15, 0.2) is 46.2 Å². The fourth-order valence-corrected chi connectivity index (χ4v) is 4.17. The van der Waals surface area contributed by atoms with E-state index in [0.29, 0.717) is 29.4 Å². The van der Waals surface area contributed by atoms with E-state index in [2.05, 4.69) is 32.6 Å². The van der Waals surface area contributed by atoms with Crippen LogP contribution >= 0.6 is 22.9 Å². The SMILES string of the molecule is Clc1ccccc1-c1nnc(CN2CCC[C@@H]2c2cccs2)o1. The first-order valence-corrected chi connectivity index (χ1v) is 8.92. The smallest absolute Gasteiger partial charge is 0.249 e. The molecular weight excluding hydrogens is 330 g/mol. The summed E-state index contributed by atoms with van der Waals surface area (Å²) in [4.78, 5) is 3.82. The normalized spacial score (nSPS) is 18.6. The molecule has 118 valence electrons. The van der Waals surface area contributed by atoms with Crippen molar-refractivity contribution in [2.45, 2.75) is 25.4 Å². The van der Waals surface area contributed by atoms with Crippen LogP contribution in [0.25, 0.3) is 11.5 Å². The van der Waals surface area contributed by atoms with Crippen molar-refractivity contribution in [1.29, 1.82) is 0 Å². The lowest BCUT2D eigenvalue weighted by atomic mass is 10.2. The van der Waals surface area contributed by atoms with E-state index in [1.165, 1.54) is 17.7 Å². The van der Waals surface area contributed by atoms with Gasteiger partial charge in [-0.15, -0.1) is 21.5 Å². The molecule has 1 aliphatic heterocycles. The maximum atomic E-state index is 6.19. The molecule has 3 aromatic rings. The highest BCUT2D eigenvalue weighted by Crippen LogP contribution is 2.35. The van der Waals surface area contributed by atoms with E-state index in [-0.39, 0.29) is 0 Å². The van der Waals surface area contributed by atoms with Gasteiger partial charge in [0.1, 0.15) is 0 Å². The topological polar surface area (TPSA) is 42.2 Å². The molecule has 4 nitrogen and oxygen atoms in total. The molecule has 0 amide bonds. The minimum atomic E-state index is 0.464. The van der Waals surface area contributed by atoms with Crippen LogP contribution in [0.5, 0.6) is 0 Å². The van der Waals surface area contributed by atoms with Gasteiger partial charge in [-0.25, -0.2) is 0 Å². The number of rotatable bonds is 4. The largest absolute Gasteiger partial charge is 0.419 e. The van der Waals surface area contributed by atoms with Gasteiger partial charge in [0, 0.05) is 10.9 Å². The lowest BCUT2D eigenvalue weighted by Gasteiger charge is -2.21. The quantitative estimate of drug-likeness (QED) is 0.681. The molecule has 23 heavy (non-hydrogen) atoms. The monoisotopic (exact) mass is 345 g/mol. The summed E-state index contributed by atoms with van der Waals surface area (Å²) < 4.78 is 5.83. The lowest BCUT2D eigenvalue weighted by molar-refractivity contribution is 0.227. The summed E-state index contributed by atoms with van der Waals surface area (Å²) in [6.07, 6.45) is 2.39. The summed E-state index contributed by atoms with van der Waals surface area (Å²) in [7, 11) is 0. The lowest BCUT2D eigenvalue weighted by Crippen LogP contribution is -2.22. The first-order valence-electron chi connectivity index (χ1n) is 7.66. The third-order valence-corrected chi connectivity index (χ3v) is 5.45. The zero-order valence-corrected chi connectivity index (χ0v) is 14.1. The van der Waals surface area contributed by atoms with E-state index in [1.54, 1.807) is 0 Å². The van der Waals surface area contributed by atoms with Gasteiger partial charge in [-0.3, -0.25) is 4.90 Å². The number of thiophene rings is 1. The van der Waals surface area contributed by atoms with Crippen molar-refractivity contribution in [1.82, 2.24) is 15.1 Å². The molecule has 2 aromatic heterocycles. The van der Waals surface area contributed by atoms with Gasteiger partial charge >= 0.3 is 0 Å². The van der Waals surface area contributed by atoms with Crippen LogP contribution in [0.1, 0.15) is 29.7 Å². The number of likely N-dealkylation sites (tertiary alicyclic amines) is 1. The molecule has 1 aliphatic rings. The second kappa shape index (κ2) is 6.43. The molecule has 1 aromatic carbocycles. The van der Waals surface area contributed by atoms with Gasteiger partial charge in [0.2, 0.25) is 11.8 Å². The highest BCUT2D eigenvalue weighted by molar-refractivity contribution is 7.10. The Balaban J connectivity index is 1.53. The van der Waals surface area contributed by atoms with E-state index in [4.69, 9.17) is 16.0 Å². The molecule has 0 aliphatic carbocycles. The molecule has 0 radical (unpaired) electrons. The molecule has 0 unspecified atom stereocenters. The van der Waals surface area contributed by atoms with Gasteiger partial charge in [0.15, 0.2) is 0 Å². The van der Waals surface area contributed by atoms with Crippen molar-refractivity contribution in [3.63, 3.8) is 0 Å². The number of benzene rings is 1. The van der Waals surface area contributed by atoms with E-state index in [1.807, 2.05) is 35.6 Å². The zero-order valence-electron chi connectivity index (χ0n) is 12.5. The van der Waals surface area contributed by atoms with E-state index in [0.717, 1.165) is 12.1 Å². The van der Waals surface area contributed by atoms with Gasteiger partial charge in [-0.05, 0) is 43.0 Å². The van der Waals surface area contributed by atoms with Crippen LogP contribution < -0.4 is 0 Å². The van der Waals surface area contributed by atoms with Crippen molar-refractivity contribution < 1.29 is 4.42 Å². The second-order valence-electron chi connectivity index (χ2n) is 5.62. The van der Waals surface area contributed by atoms with E-state index in [9.17, 15) is 0 Å². The van der Waals surface area contributed by atoms with Gasteiger partial charge in [-0.1, -0.05) is 29.8 Å². The van der Waals surface area contributed by atoms with Gasteiger partial charge in [-0.2, -0.15) is 0 Å². The Morgan fingerprint density at radius 1 is 1.22 bits per heavy atom. The molecule has 0 spiro atoms. The molecule has 1 saturated heterocycles. The summed E-state index contributed by atoms with van der Waals surface area (Å²) in [5, 5.41) is 11.1. The Morgan fingerprint density at radius 2 is 2.13 bits per heavy atom. The molecule has 3 heterocycles. The third-order valence-electron chi connectivity index (χ3n) is 4.14. The number of hydrogen-bond acceptors (Lipinski definition) is 5. The summed E-state index contributed by atoms with van der Waals surface area (Å²) >= 11 is 8.00. The summed E-state index contributed by atoms with van der Waals surface area (Å²) in [5.41, 5.74) is 0.782. The minimum absolute atomic E-state index is 0.464. The Morgan fingerprint density at radius 3 is 2.96 bits per heavy atom. The number of nitrogens with zero attached hydrogens (tertiary/aromatic N) is 3. The molecule has 0 N–H and O–H groups in total. The molecule has 4 rings (SSSR count). The van der Waals surface area contributed by atoms with Crippen molar-refractivity contribution in [2.75, 3.05) is 6.54 Å². The Kier molecular flexibility index (Phi) is 4.16. The van der Waals surface area contributed by atoms with Crippen LogP contribution in [0, 0.1) is 0 Å². The first-order chi connectivity index (χ1) is 11.3. The summed E-state index contributed by atoms with van der Waals surface area (Å²) in [6.45, 7) is 1.74. The number of aromatic nitrogens is 2. The Hall–Kier alpha value is -1.69. The van der Waals surface area contributed by atoms with Gasteiger partial charge in [0.25, 0.3) is 0 Å². The Labute approximate surface area is 143 Å². The summed E-state index contributed by atoms with van der Waals surface area (Å²) in [5.74, 6) is 1.13. The zero-order chi connectivity index (χ0) is 15.6. The molecule has 0 bridgehead atoms. The molecule has 1 fully saturated rings. The van der Waals surface area contributed by atoms with E-state index >= 15 is 0 Å². The minimum Gasteiger partial charge on any atom is -0.419 e. The fourth-order valence-electron chi connectivity index (χ4n) is 3.05.